The Morgan fingerprint density at radius 3 is 2.70 bits per heavy atom. The molecule has 3 rings (SSSR count). The summed E-state index contributed by atoms with van der Waals surface area (Å²) in [5, 5.41) is 6.45. The second-order valence-electron chi connectivity index (χ2n) is 4.58. The number of H-pyrrole nitrogens is 2. The van der Waals surface area contributed by atoms with Gasteiger partial charge >= 0.3 is 6.36 Å². The molecule has 3 aromatic rings. The maximum absolute atomic E-state index is 12.4. The molecule has 0 saturated carbocycles. The van der Waals surface area contributed by atoms with E-state index in [-0.39, 0.29) is 29.1 Å². The first-order valence-electron chi connectivity index (χ1n) is 6.30. The van der Waals surface area contributed by atoms with Gasteiger partial charge in [-0.1, -0.05) is 18.2 Å². The lowest BCUT2D eigenvalue weighted by molar-refractivity contribution is -0.274. The Kier molecular flexibility index (Phi) is 4.00. The molecule has 2 N–H and O–H groups in total. The van der Waals surface area contributed by atoms with Crippen molar-refractivity contribution in [1.29, 1.82) is 0 Å². The molecular weight excluding hydrogens is 428 g/mol. The molecule has 0 bridgehead atoms. The standard InChI is InChI=1S/C13H8F3IN4O2/c14-13(15,16)23-7-4-2-1-3-6(7)5-8-18-9-10(12(22)19-8)20-21-11(9)17/h1-4H,5H2,(H,20,21)(H,18,19,22). The van der Waals surface area contributed by atoms with Crippen LogP contribution >= 0.6 is 22.6 Å². The highest BCUT2D eigenvalue weighted by atomic mass is 127. The molecule has 0 aliphatic carbocycles. The fraction of sp³-hybridized carbons (Fsp3) is 0.154. The van der Waals surface area contributed by atoms with Crippen molar-refractivity contribution in [2.75, 3.05) is 0 Å². The smallest absolute Gasteiger partial charge is 0.405 e. The Bertz CT molecular complexity index is 919. The van der Waals surface area contributed by atoms with E-state index in [1.165, 1.54) is 18.2 Å². The third-order valence-corrected chi connectivity index (χ3v) is 3.73. The first-order chi connectivity index (χ1) is 10.8. The van der Waals surface area contributed by atoms with E-state index in [2.05, 4.69) is 24.9 Å². The summed E-state index contributed by atoms with van der Waals surface area (Å²) in [6.45, 7) is 0. The molecule has 0 atom stereocenters. The van der Waals surface area contributed by atoms with Crippen LogP contribution in [0.3, 0.4) is 0 Å². The van der Waals surface area contributed by atoms with Gasteiger partial charge in [0, 0.05) is 12.0 Å². The predicted molar refractivity (Wildman–Crippen MR) is 83.2 cm³/mol. The lowest BCUT2D eigenvalue weighted by Gasteiger charge is -2.12. The lowest BCUT2D eigenvalue weighted by atomic mass is 10.1. The topological polar surface area (TPSA) is 83.7 Å². The molecule has 6 nitrogen and oxygen atoms in total. The molecule has 10 heteroatoms. The number of aromatic amines is 2. The summed E-state index contributed by atoms with van der Waals surface area (Å²) in [4.78, 5) is 18.7. The molecule has 23 heavy (non-hydrogen) atoms. The third-order valence-electron chi connectivity index (χ3n) is 2.97. The number of hydrogen-bond donors (Lipinski definition) is 2. The molecule has 0 aliphatic rings. The number of ether oxygens (including phenoxy) is 1. The minimum Gasteiger partial charge on any atom is -0.405 e. The molecule has 0 aliphatic heterocycles. The van der Waals surface area contributed by atoms with Gasteiger partial charge in [-0.15, -0.1) is 13.2 Å². The van der Waals surface area contributed by atoms with Crippen LogP contribution in [0.2, 0.25) is 0 Å². The highest BCUT2D eigenvalue weighted by Gasteiger charge is 2.32. The van der Waals surface area contributed by atoms with Gasteiger partial charge in [-0.2, -0.15) is 5.10 Å². The molecule has 0 amide bonds. The van der Waals surface area contributed by atoms with Crippen molar-refractivity contribution in [1.82, 2.24) is 20.2 Å². The van der Waals surface area contributed by atoms with E-state index >= 15 is 0 Å². The van der Waals surface area contributed by atoms with Crippen molar-refractivity contribution in [3.05, 3.63) is 49.7 Å². The number of nitrogens with one attached hydrogen (secondary N) is 2. The van der Waals surface area contributed by atoms with Crippen molar-refractivity contribution in [2.45, 2.75) is 12.8 Å². The summed E-state index contributed by atoms with van der Waals surface area (Å²) in [6.07, 6.45) is -4.81. The molecule has 0 fully saturated rings. The van der Waals surface area contributed by atoms with Crippen LogP contribution in [0.4, 0.5) is 13.2 Å². The van der Waals surface area contributed by atoms with E-state index in [1.54, 1.807) is 6.07 Å². The van der Waals surface area contributed by atoms with Crippen LogP contribution in [0.15, 0.2) is 29.1 Å². The summed E-state index contributed by atoms with van der Waals surface area (Å²) in [6, 6.07) is 5.70. The second kappa shape index (κ2) is 5.83. The Morgan fingerprint density at radius 1 is 1.22 bits per heavy atom. The second-order valence-corrected chi connectivity index (χ2v) is 5.66. The normalized spacial score (nSPS) is 11.8. The number of rotatable bonds is 3. The zero-order chi connectivity index (χ0) is 16.6. The fourth-order valence-corrected chi connectivity index (χ4v) is 2.56. The van der Waals surface area contributed by atoms with Gasteiger partial charge in [0.2, 0.25) is 0 Å². The van der Waals surface area contributed by atoms with Crippen LogP contribution in [-0.4, -0.2) is 26.5 Å². The van der Waals surface area contributed by atoms with Gasteiger partial charge in [-0.3, -0.25) is 9.89 Å². The highest BCUT2D eigenvalue weighted by Crippen LogP contribution is 2.27. The first-order valence-corrected chi connectivity index (χ1v) is 7.38. The van der Waals surface area contributed by atoms with E-state index in [0.717, 1.165) is 0 Å². The minimum atomic E-state index is -4.79. The molecule has 0 radical (unpaired) electrons. The number of nitrogens with zero attached hydrogens (tertiary/aromatic N) is 2. The molecule has 0 unspecified atom stereocenters. The van der Waals surface area contributed by atoms with Gasteiger partial charge in [0.05, 0.1) is 0 Å². The summed E-state index contributed by atoms with van der Waals surface area (Å²) in [7, 11) is 0. The number of para-hydroxylation sites is 1. The fourth-order valence-electron chi connectivity index (χ4n) is 2.07. The van der Waals surface area contributed by atoms with Gasteiger partial charge in [0.25, 0.3) is 5.56 Å². The SMILES string of the molecule is O=c1[nH]c(Cc2ccccc2OC(F)(F)F)nc2c(I)[nH]nc12. The lowest BCUT2D eigenvalue weighted by Crippen LogP contribution is -2.18. The van der Waals surface area contributed by atoms with Gasteiger partial charge in [-0.05, 0) is 28.7 Å². The van der Waals surface area contributed by atoms with Crippen LogP contribution in [0, 0.1) is 3.70 Å². The van der Waals surface area contributed by atoms with Crippen LogP contribution < -0.4 is 10.3 Å². The average Bonchev–Trinajstić information content (AvgIpc) is 2.82. The largest absolute Gasteiger partial charge is 0.573 e. The zero-order valence-corrected chi connectivity index (χ0v) is 13.4. The molecule has 0 spiro atoms. The summed E-state index contributed by atoms with van der Waals surface area (Å²) in [5.41, 5.74) is 0.320. The van der Waals surface area contributed by atoms with Crippen molar-refractivity contribution in [3.63, 3.8) is 0 Å². The van der Waals surface area contributed by atoms with E-state index in [1.807, 2.05) is 22.6 Å². The number of alkyl halides is 3. The monoisotopic (exact) mass is 436 g/mol. The highest BCUT2D eigenvalue weighted by molar-refractivity contribution is 14.1. The van der Waals surface area contributed by atoms with E-state index in [9.17, 15) is 18.0 Å². The van der Waals surface area contributed by atoms with Gasteiger partial charge in [0.15, 0.2) is 5.52 Å². The van der Waals surface area contributed by atoms with Crippen LogP contribution in [-0.2, 0) is 6.42 Å². The first kappa shape index (κ1) is 15.8. The Morgan fingerprint density at radius 2 is 1.96 bits per heavy atom. The maximum Gasteiger partial charge on any atom is 0.573 e. The summed E-state index contributed by atoms with van der Waals surface area (Å²) >= 11 is 1.94. The van der Waals surface area contributed by atoms with E-state index < -0.39 is 11.9 Å². The Labute approximate surface area is 140 Å². The zero-order valence-electron chi connectivity index (χ0n) is 11.2. The quantitative estimate of drug-likeness (QED) is 0.619. The molecule has 2 heterocycles. The van der Waals surface area contributed by atoms with Crippen molar-refractivity contribution >= 4 is 33.6 Å². The van der Waals surface area contributed by atoms with E-state index in [4.69, 9.17) is 0 Å². The Hall–Kier alpha value is -2.11. The van der Waals surface area contributed by atoms with Gasteiger partial charge in [-0.25, -0.2) is 4.98 Å². The van der Waals surface area contributed by atoms with Gasteiger partial charge in [0.1, 0.15) is 20.8 Å². The van der Waals surface area contributed by atoms with Crippen LogP contribution in [0.1, 0.15) is 11.4 Å². The molecule has 2 aromatic heterocycles. The van der Waals surface area contributed by atoms with E-state index in [0.29, 0.717) is 9.22 Å². The predicted octanol–water partition coefficient (Wildman–Crippen LogP) is 2.74. The maximum atomic E-state index is 12.4. The van der Waals surface area contributed by atoms with Crippen molar-refractivity contribution in [2.24, 2.45) is 0 Å². The number of fused-ring (bicyclic) bond motifs is 1. The molecule has 0 saturated heterocycles. The average molecular weight is 436 g/mol. The molecule has 120 valence electrons. The van der Waals surface area contributed by atoms with Crippen molar-refractivity contribution in [3.8, 4) is 5.75 Å². The molecular formula is C13H8F3IN4O2. The number of aromatic nitrogens is 4. The Balaban J connectivity index is 1.99. The number of hydrogen-bond acceptors (Lipinski definition) is 4. The van der Waals surface area contributed by atoms with Gasteiger partial charge < -0.3 is 9.72 Å². The molecule has 1 aromatic carbocycles. The third kappa shape index (κ3) is 3.46. The minimum absolute atomic E-state index is 0.0152. The van der Waals surface area contributed by atoms with Crippen LogP contribution in [0.5, 0.6) is 5.75 Å². The summed E-state index contributed by atoms with van der Waals surface area (Å²) in [5.74, 6) is -0.107. The van der Waals surface area contributed by atoms with Crippen LogP contribution in [0.25, 0.3) is 11.0 Å². The number of halogens is 4. The summed E-state index contributed by atoms with van der Waals surface area (Å²) < 4.78 is 41.9. The number of benzene rings is 1. The van der Waals surface area contributed by atoms with Crippen molar-refractivity contribution < 1.29 is 17.9 Å².